The van der Waals surface area contributed by atoms with Crippen LogP contribution in [-0.2, 0) is 30.7 Å². The number of carbonyl (C=O) groups excluding carboxylic acids is 1. The molecule has 294 valence electrons. The van der Waals surface area contributed by atoms with E-state index in [4.69, 9.17) is 5.11 Å². The number of piperazine rings is 2. The lowest BCUT2D eigenvalue weighted by atomic mass is 10.2. The number of aliphatic hydroxyl groups excluding tert-OH is 1. The Kier molecular flexibility index (Phi) is 17.1. The number of halogens is 2. The van der Waals surface area contributed by atoms with Crippen LogP contribution in [-0.4, -0.2) is 113 Å². The van der Waals surface area contributed by atoms with E-state index in [-0.39, 0.29) is 44.2 Å². The maximum atomic E-state index is 13.1. The fourth-order valence-corrected chi connectivity index (χ4v) is 6.12. The fraction of sp³-hybridized carbons (Fsp3) is 0.475. The number of rotatable bonds is 12. The molecular formula is C40H56F2N8O4. The van der Waals surface area contributed by atoms with Crippen LogP contribution in [0.1, 0.15) is 50.2 Å². The molecule has 2 fully saturated rings. The molecule has 0 atom stereocenters. The van der Waals surface area contributed by atoms with Crippen LogP contribution in [0.2, 0.25) is 0 Å². The molecule has 14 heteroatoms. The molecule has 0 radical (unpaired) electrons. The van der Waals surface area contributed by atoms with E-state index >= 15 is 0 Å². The van der Waals surface area contributed by atoms with Crippen molar-refractivity contribution in [1.29, 1.82) is 0 Å². The average Bonchev–Trinajstić information content (AvgIpc) is 3.15. The Bertz CT molecular complexity index is 1870. The van der Waals surface area contributed by atoms with Gasteiger partial charge in [0, 0.05) is 77.8 Å². The highest BCUT2D eigenvalue weighted by molar-refractivity contribution is 5.50. The molecular weight excluding hydrogens is 694 g/mol. The third-order valence-electron chi connectivity index (χ3n) is 9.26. The Hall–Kier alpha value is -4.79. The molecule has 12 nitrogen and oxygen atoms in total. The summed E-state index contributed by atoms with van der Waals surface area (Å²) in [4.78, 5) is 54.2. The molecule has 6 rings (SSSR count). The van der Waals surface area contributed by atoms with Gasteiger partial charge in [-0.2, -0.15) is 0 Å². The molecule has 1 N–H and O–H groups in total. The summed E-state index contributed by atoms with van der Waals surface area (Å²) in [5.41, 5.74) is 2.91. The van der Waals surface area contributed by atoms with E-state index in [2.05, 4.69) is 33.9 Å². The molecule has 0 unspecified atom stereocenters. The third-order valence-corrected chi connectivity index (χ3v) is 9.26. The lowest BCUT2D eigenvalue weighted by molar-refractivity contribution is -0.107. The van der Waals surface area contributed by atoms with Gasteiger partial charge in [-0.05, 0) is 68.8 Å². The first-order valence-electron chi connectivity index (χ1n) is 17.7. The molecule has 2 aromatic carbocycles. The van der Waals surface area contributed by atoms with E-state index in [9.17, 15) is 23.2 Å². The second kappa shape index (κ2) is 21.2. The standard InChI is InChI=1S/C19H25FN4O2.C19H23FN4O2.2CH4/c2*1-22-8-10-23(11-9-22)18-19(26)24(14-17(21-18)3-2-12-25)13-15-4-6-16(20)7-5-15;;/h4-7,14,25H,2-3,8-13H2,1H3;4-7,12,14H,2-3,8-11,13H2,1H3;2*1H4. The first-order valence-corrected chi connectivity index (χ1v) is 17.7. The molecule has 54 heavy (non-hydrogen) atoms. The topological polar surface area (TPSA) is 120 Å². The van der Waals surface area contributed by atoms with E-state index < -0.39 is 0 Å². The van der Waals surface area contributed by atoms with Gasteiger partial charge in [0.2, 0.25) is 0 Å². The highest BCUT2D eigenvalue weighted by Crippen LogP contribution is 2.14. The fourth-order valence-electron chi connectivity index (χ4n) is 6.12. The molecule has 0 amide bonds. The van der Waals surface area contributed by atoms with E-state index in [1.54, 1.807) is 45.8 Å². The van der Waals surface area contributed by atoms with Crippen LogP contribution in [0.4, 0.5) is 20.4 Å². The monoisotopic (exact) mass is 750 g/mol. The second-order valence-electron chi connectivity index (χ2n) is 13.3. The van der Waals surface area contributed by atoms with Crippen LogP contribution >= 0.6 is 0 Å². The molecule has 2 aliphatic heterocycles. The van der Waals surface area contributed by atoms with Crippen molar-refractivity contribution in [3.63, 3.8) is 0 Å². The van der Waals surface area contributed by atoms with Crippen molar-refractivity contribution >= 4 is 17.9 Å². The minimum atomic E-state index is -0.305. The maximum absolute atomic E-state index is 13.1. The number of aldehydes is 1. The predicted molar refractivity (Wildman–Crippen MR) is 211 cm³/mol. The van der Waals surface area contributed by atoms with Gasteiger partial charge in [-0.15, -0.1) is 0 Å². The zero-order valence-electron chi connectivity index (χ0n) is 30.0. The molecule has 2 aliphatic rings. The SMILES string of the molecule is C.C.CN1CCN(c2nc(CCC=O)cn(Cc3ccc(F)cc3)c2=O)CC1.CN1CCN(c2nc(CCCO)cn(Cc3ccc(F)cc3)c2=O)CC1. The average molecular weight is 751 g/mol. The number of carbonyl (C=O) groups is 1. The second-order valence-corrected chi connectivity index (χ2v) is 13.3. The number of aliphatic hydroxyl groups is 1. The molecule has 0 saturated carbocycles. The Labute approximate surface area is 317 Å². The van der Waals surface area contributed by atoms with Crippen molar-refractivity contribution in [3.8, 4) is 0 Å². The van der Waals surface area contributed by atoms with E-state index in [1.807, 2.05) is 9.80 Å². The number of benzene rings is 2. The van der Waals surface area contributed by atoms with E-state index in [0.717, 1.165) is 75.5 Å². The first-order chi connectivity index (χ1) is 25.1. The zero-order valence-corrected chi connectivity index (χ0v) is 30.0. The number of hydrogen-bond acceptors (Lipinski definition) is 10. The smallest absolute Gasteiger partial charge is 0.293 e. The lowest BCUT2D eigenvalue weighted by Gasteiger charge is -2.33. The third kappa shape index (κ3) is 12.1. The largest absolute Gasteiger partial charge is 0.396 e. The Morgan fingerprint density at radius 3 is 1.41 bits per heavy atom. The van der Waals surface area contributed by atoms with Gasteiger partial charge in [0.15, 0.2) is 11.6 Å². The van der Waals surface area contributed by atoms with Gasteiger partial charge in [0.1, 0.15) is 17.9 Å². The van der Waals surface area contributed by atoms with Crippen LogP contribution in [0, 0.1) is 11.6 Å². The summed E-state index contributed by atoms with van der Waals surface area (Å²) in [6.45, 7) is 7.33. The van der Waals surface area contributed by atoms with Gasteiger partial charge in [0.25, 0.3) is 11.1 Å². The lowest BCUT2D eigenvalue weighted by Crippen LogP contribution is -2.47. The van der Waals surface area contributed by atoms with Gasteiger partial charge in [-0.25, -0.2) is 18.7 Å². The summed E-state index contributed by atoms with van der Waals surface area (Å²) >= 11 is 0. The number of aryl methyl sites for hydroxylation is 2. The summed E-state index contributed by atoms with van der Waals surface area (Å²) in [5.74, 6) is 0.303. The van der Waals surface area contributed by atoms with Crippen molar-refractivity contribution in [2.75, 3.05) is 82.9 Å². The van der Waals surface area contributed by atoms with Crippen LogP contribution in [0.3, 0.4) is 0 Å². The van der Waals surface area contributed by atoms with Crippen molar-refractivity contribution in [2.45, 2.75) is 53.6 Å². The van der Waals surface area contributed by atoms with Gasteiger partial charge >= 0.3 is 0 Å². The summed E-state index contributed by atoms with van der Waals surface area (Å²) in [5, 5.41) is 9.11. The van der Waals surface area contributed by atoms with Crippen molar-refractivity contribution < 1.29 is 18.7 Å². The van der Waals surface area contributed by atoms with Crippen LogP contribution in [0.25, 0.3) is 0 Å². The summed E-state index contributed by atoms with van der Waals surface area (Å²) < 4.78 is 29.5. The minimum absolute atomic E-state index is 0. The van der Waals surface area contributed by atoms with E-state index in [0.29, 0.717) is 56.1 Å². The zero-order chi connectivity index (χ0) is 37.0. The Balaban J connectivity index is 0.000000280. The summed E-state index contributed by atoms with van der Waals surface area (Å²) in [7, 11) is 4.12. The highest BCUT2D eigenvalue weighted by atomic mass is 19.1. The molecule has 4 aromatic rings. The van der Waals surface area contributed by atoms with Crippen molar-refractivity contribution in [1.82, 2.24) is 28.9 Å². The molecule has 0 aliphatic carbocycles. The number of nitrogens with zero attached hydrogens (tertiary/aromatic N) is 8. The van der Waals surface area contributed by atoms with Gasteiger partial charge in [-0.3, -0.25) is 9.59 Å². The Morgan fingerprint density at radius 1 is 0.648 bits per heavy atom. The van der Waals surface area contributed by atoms with Crippen molar-refractivity contribution in [3.05, 3.63) is 116 Å². The maximum Gasteiger partial charge on any atom is 0.293 e. The molecule has 0 bridgehead atoms. The van der Waals surface area contributed by atoms with Gasteiger partial charge < -0.3 is 38.6 Å². The normalized spacial score (nSPS) is 14.8. The first kappa shape index (κ1) is 43.6. The summed E-state index contributed by atoms with van der Waals surface area (Å²) in [6, 6.07) is 12.3. The molecule has 2 saturated heterocycles. The molecule has 2 aromatic heterocycles. The van der Waals surface area contributed by atoms with E-state index in [1.165, 1.54) is 24.3 Å². The summed E-state index contributed by atoms with van der Waals surface area (Å²) in [6.07, 6.45) is 6.38. The molecule has 0 spiro atoms. The molecule has 4 heterocycles. The van der Waals surface area contributed by atoms with Crippen LogP contribution in [0.15, 0.2) is 70.5 Å². The van der Waals surface area contributed by atoms with Gasteiger partial charge in [0.05, 0.1) is 24.5 Å². The number of aromatic nitrogens is 4. The number of anilines is 2. The Morgan fingerprint density at radius 2 is 1.04 bits per heavy atom. The predicted octanol–water partition coefficient (Wildman–Crippen LogP) is 3.69. The van der Waals surface area contributed by atoms with Crippen molar-refractivity contribution in [2.24, 2.45) is 0 Å². The quantitative estimate of drug-likeness (QED) is 0.215. The minimum Gasteiger partial charge on any atom is -0.396 e. The number of likely N-dealkylation sites (N-methyl/N-ethyl adjacent to an activating group) is 2. The van der Waals surface area contributed by atoms with Crippen LogP contribution < -0.4 is 20.9 Å². The highest BCUT2D eigenvalue weighted by Gasteiger charge is 2.22. The number of hydrogen-bond donors (Lipinski definition) is 1. The van der Waals surface area contributed by atoms with Crippen LogP contribution in [0.5, 0.6) is 0 Å². The van der Waals surface area contributed by atoms with Gasteiger partial charge in [-0.1, -0.05) is 39.1 Å².